The lowest BCUT2D eigenvalue weighted by atomic mass is 9.68. The fourth-order valence-electron chi connectivity index (χ4n) is 4.09. The van der Waals surface area contributed by atoms with E-state index in [1.807, 2.05) is 19.1 Å². The molecule has 1 aliphatic heterocycles. The molecule has 0 bridgehead atoms. The Labute approximate surface area is 141 Å². The molecule has 24 heavy (non-hydrogen) atoms. The van der Waals surface area contributed by atoms with Crippen LogP contribution in [0.4, 0.5) is 5.88 Å². The van der Waals surface area contributed by atoms with Gasteiger partial charge in [-0.1, -0.05) is 43.3 Å². The summed E-state index contributed by atoms with van der Waals surface area (Å²) in [5, 5.41) is 7.50. The highest BCUT2D eigenvalue weighted by atomic mass is 16.5. The molecule has 1 unspecified atom stereocenters. The molecule has 1 atom stereocenters. The minimum absolute atomic E-state index is 0.0359. The second-order valence-electron chi connectivity index (χ2n) is 7.76. The van der Waals surface area contributed by atoms with Gasteiger partial charge in [-0.25, -0.2) is 0 Å². The number of carbonyl (C=O) groups is 1. The van der Waals surface area contributed by atoms with E-state index >= 15 is 0 Å². The van der Waals surface area contributed by atoms with Gasteiger partial charge in [-0.3, -0.25) is 4.79 Å². The zero-order valence-electron chi connectivity index (χ0n) is 14.6. The van der Waals surface area contributed by atoms with E-state index in [0.29, 0.717) is 12.3 Å². The Balaban J connectivity index is 1.97. The third kappa shape index (κ3) is 2.20. The van der Waals surface area contributed by atoms with Crippen molar-refractivity contribution in [1.29, 1.82) is 0 Å². The van der Waals surface area contributed by atoms with Crippen molar-refractivity contribution in [3.63, 3.8) is 0 Å². The highest BCUT2D eigenvalue weighted by Gasteiger charge is 2.43. The van der Waals surface area contributed by atoms with E-state index in [1.165, 1.54) is 5.56 Å². The minimum atomic E-state index is -0.0905. The predicted octanol–water partition coefficient (Wildman–Crippen LogP) is 4.49. The quantitative estimate of drug-likeness (QED) is 0.840. The van der Waals surface area contributed by atoms with Gasteiger partial charge in [-0.15, -0.1) is 0 Å². The number of Topliss-reactive ketones (excluding diaryl/α,β-unsaturated/α-hetero) is 1. The van der Waals surface area contributed by atoms with Crippen molar-refractivity contribution in [3.8, 4) is 0 Å². The SMILES string of the molecule is Cc1ccccc1C1C2=C(CC(C)(C)CC2=O)Nc2onc(C)c21. The molecule has 0 radical (unpaired) electrons. The number of ketones is 1. The lowest BCUT2D eigenvalue weighted by Gasteiger charge is -2.38. The first-order valence-corrected chi connectivity index (χ1v) is 8.42. The number of anilines is 1. The number of aryl methyl sites for hydroxylation is 2. The van der Waals surface area contributed by atoms with Crippen LogP contribution in [0.5, 0.6) is 0 Å². The van der Waals surface area contributed by atoms with Crippen LogP contribution >= 0.6 is 0 Å². The molecule has 124 valence electrons. The fourth-order valence-corrected chi connectivity index (χ4v) is 4.09. The maximum Gasteiger partial charge on any atom is 0.233 e. The third-order valence-electron chi connectivity index (χ3n) is 5.17. The second-order valence-corrected chi connectivity index (χ2v) is 7.76. The molecule has 1 N–H and O–H groups in total. The van der Waals surface area contributed by atoms with E-state index in [0.717, 1.165) is 34.5 Å². The van der Waals surface area contributed by atoms with E-state index in [4.69, 9.17) is 4.52 Å². The Bertz CT molecular complexity index is 874. The number of hydrogen-bond donors (Lipinski definition) is 1. The van der Waals surface area contributed by atoms with Gasteiger partial charge < -0.3 is 9.84 Å². The lowest BCUT2D eigenvalue weighted by Crippen LogP contribution is -2.33. The molecule has 0 saturated heterocycles. The van der Waals surface area contributed by atoms with Crippen LogP contribution in [0.15, 0.2) is 40.1 Å². The summed E-state index contributed by atoms with van der Waals surface area (Å²) >= 11 is 0. The molecule has 1 aromatic carbocycles. The number of benzene rings is 1. The number of carbonyl (C=O) groups excluding carboxylic acids is 1. The molecule has 4 nitrogen and oxygen atoms in total. The van der Waals surface area contributed by atoms with Gasteiger partial charge in [0, 0.05) is 23.6 Å². The van der Waals surface area contributed by atoms with E-state index in [9.17, 15) is 4.79 Å². The topological polar surface area (TPSA) is 55.1 Å². The van der Waals surface area contributed by atoms with Crippen molar-refractivity contribution >= 4 is 11.7 Å². The Hall–Kier alpha value is -2.36. The fraction of sp³-hybridized carbons (Fsp3) is 0.400. The zero-order chi connectivity index (χ0) is 17.1. The molecule has 0 amide bonds. The molecule has 1 aliphatic carbocycles. The van der Waals surface area contributed by atoms with Crippen LogP contribution in [0.25, 0.3) is 0 Å². The minimum Gasteiger partial charge on any atom is -0.338 e. The number of rotatable bonds is 1. The molecule has 0 fully saturated rings. The molecular weight excluding hydrogens is 300 g/mol. The first-order chi connectivity index (χ1) is 11.4. The Kier molecular flexibility index (Phi) is 3.21. The predicted molar refractivity (Wildman–Crippen MR) is 92.9 cm³/mol. The summed E-state index contributed by atoms with van der Waals surface area (Å²) in [4.78, 5) is 13.0. The molecule has 0 saturated carbocycles. The average molecular weight is 322 g/mol. The summed E-state index contributed by atoms with van der Waals surface area (Å²) in [6.07, 6.45) is 1.42. The van der Waals surface area contributed by atoms with Crippen LogP contribution in [0.3, 0.4) is 0 Å². The Morgan fingerprint density at radius 3 is 2.71 bits per heavy atom. The van der Waals surface area contributed by atoms with E-state index in [2.05, 4.69) is 43.4 Å². The zero-order valence-corrected chi connectivity index (χ0v) is 14.6. The molecule has 2 aliphatic rings. The van der Waals surface area contributed by atoms with Crippen molar-refractivity contribution in [3.05, 3.63) is 57.9 Å². The number of aromatic nitrogens is 1. The normalized spacial score (nSPS) is 22.0. The van der Waals surface area contributed by atoms with Crippen LogP contribution in [-0.2, 0) is 4.79 Å². The summed E-state index contributed by atoms with van der Waals surface area (Å²) in [6, 6.07) is 8.27. The van der Waals surface area contributed by atoms with Crippen molar-refractivity contribution < 1.29 is 9.32 Å². The first kappa shape index (κ1) is 15.2. The maximum atomic E-state index is 13.0. The van der Waals surface area contributed by atoms with Crippen molar-refractivity contribution in [2.45, 2.75) is 46.5 Å². The van der Waals surface area contributed by atoms with Crippen LogP contribution in [0.2, 0.25) is 0 Å². The van der Waals surface area contributed by atoms with Crippen LogP contribution in [-0.4, -0.2) is 10.9 Å². The van der Waals surface area contributed by atoms with Gasteiger partial charge in [0.05, 0.1) is 11.3 Å². The van der Waals surface area contributed by atoms with E-state index < -0.39 is 0 Å². The molecule has 4 heteroatoms. The molecule has 4 rings (SSSR count). The summed E-state index contributed by atoms with van der Waals surface area (Å²) in [5.74, 6) is 0.825. The summed E-state index contributed by atoms with van der Waals surface area (Å²) < 4.78 is 5.52. The van der Waals surface area contributed by atoms with Gasteiger partial charge >= 0.3 is 0 Å². The highest BCUT2D eigenvalue weighted by molar-refractivity contribution is 6.01. The van der Waals surface area contributed by atoms with Crippen molar-refractivity contribution in [2.75, 3.05) is 5.32 Å². The number of nitrogens with one attached hydrogen (secondary N) is 1. The van der Waals surface area contributed by atoms with E-state index in [-0.39, 0.29) is 17.1 Å². The molecular formula is C20H22N2O2. The highest BCUT2D eigenvalue weighted by Crippen LogP contribution is 2.50. The average Bonchev–Trinajstić information content (AvgIpc) is 2.86. The van der Waals surface area contributed by atoms with Gasteiger partial charge in [0.2, 0.25) is 5.88 Å². The van der Waals surface area contributed by atoms with Gasteiger partial charge in [0.1, 0.15) is 0 Å². The number of hydrogen-bond acceptors (Lipinski definition) is 4. The summed E-state index contributed by atoms with van der Waals surface area (Å²) in [7, 11) is 0. The smallest absolute Gasteiger partial charge is 0.233 e. The van der Waals surface area contributed by atoms with Gasteiger partial charge in [-0.2, -0.15) is 0 Å². The van der Waals surface area contributed by atoms with Crippen molar-refractivity contribution in [1.82, 2.24) is 5.16 Å². The standard InChI is InChI=1S/C20H22N2O2/c1-11-7-5-6-8-13(11)17-16-12(2)22-24-19(16)21-14-9-20(3,4)10-15(23)18(14)17/h5-8,17,21H,9-10H2,1-4H3. The summed E-state index contributed by atoms with van der Waals surface area (Å²) in [5.41, 5.74) is 6.03. The largest absolute Gasteiger partial charge is 0.338 e. The number of allylic oxidation sites excluding steroid dienone is 2. The Morgan fingerprint density at radius 2 is 1.96 bits per heavy atom. The molecule has 2 heterocycles. The van der Waals surface area contributed by atoms with Crippen LogP contribution in [0.1, 0.15) is 55.0 Å². The molecule has 1 aromatic heterocycles. The van der Waals surface area contributed by atoms with Crippen LogP contribution < -0.4 is 5.32 Å². The van der Waals surface area contributed by atoms with Gasteiger partial charge in [-0.05, 0) is 36.8 Å². The number of nitrogens with zero attached hydrogens (tertiary/aromatic N) is 1. The van der Waals surface area contributed by atoms with Crippen molar-refractivity contribution in [2.24, 2.45) is 5.41 Å². The monoisotopic (exact) mass is 322 g/mol. The second kappa shape index (κ2) is 5.07. The third-order valence-corrected chi connectivity index (χ3v) is 5.17. The Morgan fingerprint density at radius 1 is 1.21 bits per heavy atom. The molecule has 0 spiro atoms. The number of fused-ring (bicyclic) bond motifs is 1. The van der Waals surface area contributed by atoms with E-state index in [1.54, 1.807) is 0 Å². The first-order valence-electron chi connectivity index (χ1n) is 8.42. The van der Waals surface area contributed by atoms with Crippen LogP contribution in [0, 0.1) is 19.3 Å². The summed E-state index contributed by atoms with van der Waals surface area (Å²) in [6.45, 7) is 8.32. The maximum absolute atomic E-state index is 13.0. The lowest BCUT2D eigenvalue weighted by molar-refractivity contribution is -0.118. The van der Waals surface area contributed by atoms with Gasteiger partial charge in [0.25, 0.3) is 0 Å². The van der Waals surface area contributed by atoms with Gasteiger partial charge in [0.15, 0.2) is 5.78 Å². The molecule has 2 aromatic rings.